The van der Waals surface area contributed by atoms with Crippen molar-refractivity contribution in [3.63, 3.8) is 0 Å². The van der Waals surface area contributed by atoms with Crippen LogP contribution in [0, 0.1) is 0 Å². The highest BCUT2D eigenvalue weighted by atomic mass is 16.2. The Morgan fingerprint density at radius 2 is 1.31 bits per heavy atom. The quantitative estimate of drug-likeness (QED) is 0.619. The molecule has 2 amide bonds. The number of hydrogen-bond acceptors (Lipinski definition) is 4. The van der Waals surface area contributed by atoms with E-state index in [-0.39, 0.29) is 60.5 Å². The van der Waals surface area contributed by atoms with E-state index < -0.39 is 5.91 Å². The topological polar surface area (TPSA) is 106 Å². The Kier molecular flexibility index (Phi) is 8.30. The molecule has 0 aliphatic heterocycles. The monoisotopic (exact) mass is 402 g/mol. The molecule has 0 aliphatic carbocycles. The number of amides is 2. The van der Waals surface area contributed by atoms with Crippen LogP contribution < -0.4 is 11.1 Å². The summed E-state index contributed by atoms with van der Waals surface area (Å²) in [4.78, 5) is 46.9. The average molecular weight is 403 g/mol. The number of nitrogens with two attached hydrogens (primary N) is 1. The zero-order valence-corrected chi connectivity index (χ0v) is 18.5. The summed E-state index contributed by atoms with van der Waals surface area (Å²) in [6.07, 6.45) is 0.0438. The van der Waals surface area contributed by atoms with Gasteiger partial charge in [0.2, 0.25) is 11.8 Å². The van der Waals surface area contributed by atoms with Crippen molar-refractivity contribution in [1.29, 1.82) is 0 Å². The van der Waals surface area contributed by atoms with Gasteiger partial charge < -0.3 is 11.1 Å². The van der Waals surface area contributed by atoms with Crippen LogP contribution in [-0.4, -0.2) is 29.9 Å². The Morgan fingerprint density at radius 3 is 1.76 bits per heavy atom. The number of benzene rings is 1. The zero-order valence-electron chi connectivity index (χ0n) is 18.5. The van der Waals surface area contributed by atoms with Gasteiger partial charge in [0.25, 0.3) is 0 Å². The van der Waals surface area contributed by atoms with Crippen molar-refractivity contribution in [2.24, 2.45) is 5.73 Å². The third-order valence-electron chi connectivity index (χ3n) is 4.70. The molecule has 0 atom stereocenters. The highest BCUT2D eigenvalue weighted by Crippen LogP contribution is 2.30. The standard InChI is InChI=1S/C23H34N2O4/c1-22(2,3)16-11-15(12-17(13-16)23(4,5)6)19(27)8-10-21(29)25-14-18(26)7-9-20(24)28/h11-13H,7-10,14H2,1-6H3,(H2,24,28)(H,25,29). The minimum absolute atomic E-state index is 0.00369. The van der Waals surface area contributed by atoms with Gasteiger partial charge in [-0.25, -0.2) is 0 Å². The Bertz CT molecular complexity index is 751. The second kappa shape index (κ2) is 9.81. The molecule has 0 fully saturated rings. The smallest absolute Gasteiger partial charge is 0.220 e. The fraction of sp³-hybridized carbons (Fsp3) is 0.565. The molecule has 29 heavy (non-hydrogen) atoms. The molecule has 0 unspecified atom stereocenters. The molecule has 6 nitrogen and oxygen atoms in total. The minimum Gasteiger partial charge on any atom is -0.370 e. The molecule has 0 heterocycles. The van der Waals surface area contributed by atoms with Crippen LogP contribution in [0.5, 0.6) is 0 Å². The molecule has 0 saturated heterocycles. The van der Waals surface area contributed by atoms with E-state index in [1.54, 1.807) is 0 Å². The molecule has 0 aliphatic rings. The van der Waals surface area contributed by atoms with Crippen LogP contribution in [0.2, 0.25) is 0 Å². The van der Waals surface area contributed by atoms with E-state index >= 15 is 0 Å². The van der Waals surface area contributed by atoms with Crippen molar-refractivity contribution < 1.29 is 19.2 Å². The normalized spacial score (nSPS) is 11.8. The highest BCUT2D eigenvalue weighted by Gasteiger charge is 2.22. The summed E-state index contributed by atoms with van der Waals surface area (Å²) in [5.41, 5.74) is 7.56. The Balaban J connectivity index is 2.75. The van der Waals surface area contributed by atoms with Gasteiger partial charge in [0.05, 0.1) is 6.54 Å². The van der Waals surface area contributed by atoms with Crippen molar-refractivity contribution in [3.05, 3.63) is 34.9 Å². The number of primary amides is 1. The maximum absolute atomic E-state index is 12.7. The van der Waals surface area contributed by atoms with E-state index in [1.807, 2.05) is 12.1 Å². The number of hydrogen-bond donors (Lipinski definition) is 2. The lowest BCUT2D eigenvalue weighted by Gasteiger charge is -2.26. The lowest BCUT2D eigenvalue weighted by molar-refractivity contribution is -0.126. The second-order valence-electron chi connectivity index (χ2n) is 9.50. The van der Waals surface area contributed by atoms with E-state index in [9.17, 15) is 19.2 Å². The molecule has 1 aromatic carbocycles. The highest BCUT2D eigenvalue weighted by molar-refractivity contribution is 5.98. The van der Waals surface area contributed by atoms with Gasteiger partial charge in [-0.15, -0.1) is 0 Å². The molecule has 6 heteroatoms. The number of carbonyl (C=O) groups is 4. The molecule has 0 radical (unpaired) electrons. The molecular formula is C23H34N2O4. The summed E-state index contributed by atoms with van der Waals surface area (Å²) in [6.45, 7) is 12.5. The van der Waals surface area contributed by atoms with Crippen LogP contribution in [0.4, 0.5) is 0 Å². The summed E-state index contributed by atoms with van der Waals surface area (Å²) in [5.74, 6) is -1.29. The lowest BCUT2D eigenvalue weighted by Crippen LogP contribution is -2.30. The van der Waals surface area contributed by atoms with E-state index in [1.165, 1.54) is 0 Å². The zero-order chi connectivity index (χ0) is 22.4. The molecule has 0 spiro atoms. The Hall–Kier alpha value is -2.50. The third-order valence-corrected chi connectivity index (χ3v) is 4.70. The number of rotatable bonds is 9. The van der Waals surface area contributed by atoms with Crippen LogP contribution in [0.25, 0.3) is 0 Å². The summed E-state index contributed by atoms with van der Waals surface area (Å²) >= 11 is 0. The average Bonchev–Trinajstić information content (AvgIpc) is 2.60. The van der Waals surface area contributed by atoms with Gasteiger partial charge in [-0.3, -0.25) is 19.2 Å². The van der Waals surface area contributed by atoms with Gasteiger partial charge in [0.15, 0.2) is 11.6 Å². The third kappa shape index (κ3) is 8.59. The summed E-state index contributed by atoms with van der Waals surface area (Å²) in [6, 6.07) is 5.95. The van der Waals surface area contributed by atoms with Crippen LogP contribution in [0.15, 0.2) is 18.2 Å². The molecule has 1 rings (SSSR count). The van der Waals surface area contributed by atoms with Crippen molar-refractivity contribution in [3.8, 4) is 0 Å². The van der Waals surface area contributed by atoms with Crippen molar-refractivity contribution in [2.45, 2.75) is 78.1 Å². The molecular weight excluding hydrogens is 368 g/mol. The number of Topliss-reactive ketones (excluding diaryl/α,β-unsaturated/α-hetero) is 2. The van der Waals surface area contributed by atoms with Gasteiger partial charge in [0, 0.05) is 31.2 Å². The SMILES string of the molecule is CC(C)(C)c1cc(C(=O)CCC(=O)NCC(=O)CCC(N)=O)cc(C(C)(C)C)c1. The number of nitrogens with one attached hydrogen (secondary N) is 1. The predicted octanol–water partition coefficient (Wildman–Crippen LogP) is 3.20. The van der Waals surface area contributed by atoms with Crippen LogP contribution in [0.1, 0.15) is 88.7 Å². The molecule has 0 bridgehead atoms. The maximum atomic E-state index is 12.7. The van der Waals surface area contributed by atoms with Crippen molar-refractivity contribution in [2.75, 3.05) is 6.54 Å². The van der Waals surface area contributed by atoms with E-state index in [0.717, 1.165) is 11.1 Å². The van der Waals surface area contributed by atoms with Gasteiger partial charge in [-0.2, -0.15) is 0 Å². The van der Waals surface area contributed by atoms with E-state index in [2.05, 4.69) is 52.9 Å². The van der Waals surface area contributed by atoms with Crippen LogP contribution >= 0.6 is 0 Å². The molecule has 3 N–H and O–H groups in total. The largest absolute Gasteiger partial charge is 0.370 e. The van der Waals surface area contributed by atoms with Crippen LogP contribution in [-0.2, 0) is 25.2 Å². The predicted molar refractivity (Wildman–Crippen MR) is 114 cm³/mol. The van der Waals surface area contributed by atoms with Gasteiger partial charge in [0.1, 0.15) is 0 Å². The second-order valence-corrected chi connectivity index (χ2v) is 9.50. The first kappa shape index (κ1) is 24.5. The molecule has 0 aromatic heterocycles. The fourth-order valence-corrected chi connectivity index (χ4v) is 2.66. The van der Waals surface area contributed by atoms with Crippen molar-refractivity contribution >= 4 is 23.4 Å². The van der Waals surface area contributed by atoms with Gasteiger partial charge >= 0.3 is 0 Å². The maximum Gasteiger partial charge on any atom is 0.220 e. The van der Waals surface area contributed by atoms with Gasteiger partial charge in [-0.05, 0) is 34.1 Å². The van der Waals surface area contributed by atoms with Crippen molar-refractivity contribution in [1.82, 2.24) is 5.32 Å². The van der Waals surface area contributed by atoms with E-state index in [4.69, 9.17) is 5.73 Å². The summed E-state index contributed by atoms with van der Waals surface area (Å²) in [7, 11) is 0. The first-order valence-corrected chi connectivity index (χ1v) is 9.96. The first-order valence-electron chi connectivity index (χ1n) is 9.96. The molecule has 160 valence electrons. The van der Waals surface area contributed by atoms with E-state index in [0.29, 0.717) is 5.56 Å². The minimum atomic E-state index is -0.553. The summed E-state index contributed by atoms with van der Waals surface area (Å²) in [5, 5.41) is 2.49. The van der Waals surface area contributed by atoms with Gasteiger partial charge in [-0.1, -0.05) is 47.6 Å². The fourth-order valence-electron chi connectivity index (χ4n) is 2.66. The first-order chi connectivity index (χ1) is 13.2. The number of carbonyl (C=O) groups excluding carboxylic acids is 4. The Labute approximate surface area is 173 Å². The van der Waals surface area contributed by atoms with Crippen LogP contribution in [0.3, 0.4) is 0 Å². The molecule has 0 saturated carbocycles. The number of ketones is 2. The molecule has 1 aromatic rings. The Morgan fingerprint density at radius 1 is 0.793 bits per heavy atom. The lowest BCUT2D eigenvalue weighted by atomic mass is 9.79. The summed E-state index contributed by atoms with van der Waals surface area (Å²) < 4.78 is 0.